The first-order chi connectivity index (χ1) is 16.0. The standard InChI is InChI=1S/C25H26N4O4/c1-17(30)26-21-10-8-19(9-11-21)24-27-25(33-28-24)20-4-3-15-29(16-20)23(31)14-7-18-5-12-22(32-2)13-6-18/h5-14,20H,3-4,15-16H2,1-2H3,(H,26,30). The van der Waals surface area contributed by atoms with Crippen molar-refractivity contribution in [3.8, 4) is 17.1 Å². The fourth-order valence-electron chi connectivity index (χ4n) is 3.79. The molecule has 1 fully saturated rings. The summed E-state index contributed by atoms with van der Waals surface area (Å²) in [6, 6.07) is 14.8. The first kappa shape index (κ1) is 22.3. The summed E-state index contributed by atoms with van der Waals surface area (Å²) in [5.74, 6) is 1.63. The molecule has 0 radical (unpaired) electrons. The molecular formula is C25H26N4O4. The first-order valence-corrected chi connectivity index (χ1v) is 10.8. The van der Waals surface area contributed by atoms with Crippen molar-refractivity contribution < 1.29 is 18.8 Å². The highest BCUT2D eigenvalue weighted by Gasteiger charge is 2.28. The Bertz CT molecular complexity index is 1140. The van der Waals surface area contributed by atoms with E-state index in [9.17, 15) is 9.59 Å². The van der Waals surface area contributed by atoms with Crippen LogP contribution < -0.4 is 10.1 Å². The van der Waals surface area contributed by atoms with Gasteiger partial charge in [-0.15, -0.1) is 0 Å². The number of nitrogens with zero attached hydrogens (tertiary/aromatic N) is 3. The maximum absolute atomic E-state index is 12.7. The molecule has 8 nitrogen and oxygen atoms in total. The maximum atomic E-state index is 12.7. The van der Waals surface area contributed by atoms with Crippen LogP contribution in [0.4, 0.5) is 5.69 Å². The molecule has 2 heterocycles. The smallest absolute Gasteiger partial charge is 0.246 e. The predicted octanol–water partition coefficient (Wildman–Crippen LogP) is 4.12. The highest BCUT2D eigenvalue weighted by Crippen LogP contribution is 2.28. The molecule has 3 aromatic rings. The normalized spacial score (nSPS) is 16.1. The van der Waals surface area contributed by atoms with Crippen molar-refractivity contribution in [1.29, 1.82) is 0 Å². The Morgan fingerprint density at radius 3 is 2.61 bits per heavy atom. The third kappa shape index (κ3) is 5.65. The molecule has 1 unspecified atom stereocenters. The van der Waals surface area contributed by atoms with Crippen LogP contribution in [-0.4, -0.2) is 47.1 Å². The Kier molecular flexibility index (Phi) is 6.83. The largest absolute Gasteiger partial charge is 0.497 e. The molecule has 1 N–H and O–H groups in total. The van der Waals surface area contributed by atoms with Gasteiger partial charge in [-0.3, -0.25) is 9.59 Å². The fourth-order valence-corrected chi connectivity index (χ4v) is 3.79. The van der Waals surface area contributed by atoms with Crippen LogP contribution in [0.1, 0.15) is 37.1 Å². The van der Waals surface area contributed by atoms with E-state index in [1.165, 1.54) is 6.92 Å². The van der Waals surface area contributed by atoms with Crippen LogP contribution in [0.5, 0.6) is 5.75 Å². The number of carbonyl (C=O) groups excluding carboxylic acids is 2. The van der Waals surface area contributed by atoms with Crippen LogP contribution in [0.3, 0.4) is 0 Å². The van der Waals surface area contributed by atoms with Gasteiger partial charge >= 0.3 is 0 Å². The van der Waals surface area contributed by atoms with Gasteiger partial charge in [0.1, 0.15) is 5.75 Å². The van der Waals surface area contributed by atoms with Gasteiger partial charge in [-0.2, -0.15) is 4.98 Å². The zero-order valence-electron chi connectivity index (χ0n) is 18.7. The molecule has 2 amide bonds. The van der Waals surface area contributed by atoms with Crippen molar-refractivity contribution in [2.75, 3.05) is 25.5 Å². The van der Waals surface area contributed by atoms with Crippen molar-refractivity contribution in [2.45, 2.75) is 25.7 Å². The summed E-state index contributed by atoms with van der Waals surface area (Å²) in [6.07, 6.45) is 5.16. The minimum atomic E-state index is -0.125. The minimum absolute atomic E-state index is 0.00279. The Balaban J connectivity index is 1.39. The van der Waals surface area contributed by atoms with E-state index in [-0.39, 0.29) is 17.7 Å². The molecule has 2 aromatic carbocycles. The van der Waals surface area contributed by atoms with Gasteiger partial charge in [0.2, 0.25) is 23.5 Å². The van der Waals surface area contributed by atoms with E-state index in [1.807, 2.05) is 41.3 Å². The Labute approximate surface area is 192 Å². The monoisotopic (exact) mass is 446 g/mol. The highest BCUT2D eigenvalue weighted by atomic mass is 16.5. The number of piperidine rings is 1. The third-order valence-corrected chi connectivity index (χ3v) is 5.52. The van der Waals surface area contributed by atoms with Crippen molar-refractivity contribution in [1.82, 2.24) is 15.0 Å². The van der Waals surface area contributed by atoms with Crippen LogP contribution in [0.15, 0.2) is 59.1 Å². The number of methoxy groups -OCH3 is 1. The number of amides is 2. The van der Waals surface area contributed by atoms with Crippen LogP contribution in [0.2, 0.25) is 0 Å². The van der Waals surface area contributed by atoms with Gasteiger partial charge in [0.15, 0.2) is 0 Å². The number of nitrogens with one attached hydrogen (secondary N) is 1. The molecule has 1 aromatic heterocycles. The summed E-state index contributed by atoms with van der Waals surface area (Å²) in [4.78, 5) is 30.3. The average Bonchev–Trinajstić information content (AvgIpc) is 3.33. The van der Waals surface area contributed by atoms with Crippen LogP contribution >= 0.6 is 0 Å². The summed E-state index contributed by atoms with van der Waals surface area (Å²) in [5.41, 5.74) is 2.44. The second-order valence-electron chi connectivity index (χ2n) is 7.94. The Morgan fingerprint density at radius 2 is 1.91 bits per heavy atom. The van der Waals surface area contributed by atoms with Crippen molar-refractivity contribution in [2.24, 2.45) is 0 Å². The van der Waals surface area contributed by atoms with Gasteiger partial charge in [0, 0.05) is 37.3 Å². The van der Waals surface area contributed by atoms with Gasteiger partial charge < -0.3 is 19.5 Å². The second-order valence-corrected chi connectivity index (χ2v) is 7.94. The third-order valence-electron chi connectivity index (χ3n) is 5.52. The van der Waals surface area contributed by atoms with Gasteiger partial charge in [-0.05, 0) is 60.9 Å². The fraction of sp³-hybridized carbons (Fsp3) is 0.280. The summed E-state index contributed by atoms with van der Waals surface area (Å²) in [6.45, 7) is 2.70. The molecule has 8 heteroatoms. The van der Waals surface area contributed by atoms with E-state index < -0.39 is 0 Å². The first-order valence-electron chi connectivity index (χ1n) is 10.8. The molecule has 1 aliphatic rings. The number of ether oxygens (including phenoxy) is 1. The number of aromatic nitrogens is 2. The molecule has 4 rings (SSSR count). The lowest BCUT2D eigenvalue weighted by atomic mass is 9.98. The summed E-state index contributed by atoms with van der Waals surface area (Å²) in [7, 11) is 1.62. The van der Waals surface area contributed by atoms with Crippen LogP contribution in [0, 0.1) is 0 Å². The molecule has 1 saturated heterocycles. The van der Waals surface area contributed by atoms with Crippen molar-refractivity contribution in [3.05, 3.63) is 66.1 Å². The van der Waals surface area contributed by atoms with Crippen molar-refractivity contribution in [3.63, 3.8) is 0 Å². The summed E-state index contributed by atoms with van der Waals surface area (Å²) in [5, 5.41) is 6.84. The number of rotatable bonds is 6. The predicted molar refractivity (Wildman–Crippen MR) is 125 cm³/mol. The van der Waals surface area contributed by atoms with Crippen molar-refractivity contribution >= 4 is 23.6 Å². The van der Waals surface area contributed by atoms with Crippen LogP contribution in [0.25, 0.3) is 17.5 Å². The van der Waals surface area contributed by atoms with E-state index in [0.29, 0.717) is 30.5 Å². The number of hydrogen-bond acceptors (Lipinski definition) is 6. The zero-order chi connectivity index (χ0) is 23.2. The van der Waals surface area contributed by atoms with Crippen LogP contribution in [-0.2, 0) is 9.59 Å². The molecular weight excluding hydrogens is 420 g/mol. The van der Waals surface area contributed by atoms with E-state index >= 15 is 0 Å². The minimum Gasteiger partial charge on any atom is -0.497 e. The van der Waals surface area contributed by atoms with Gasteiger partial charge in [0.05, 0.1) is 13.0 Å². The van der Waals surface area contributed by atoms with E-state index in [1.54, 1.807) is 31.4 Å². The molecule has 0 saturated carbocycles. The zero-order valence-corrected chi connectivity index (χ0v) is 18.7. The van der Waals surface area contributed by atoms with Gasteiger partial charge in [-0.1, -0.05) is 17.3 Å². The topological polar surface area (TPSA) is 97.6 Å². The Morgan fingerprint density at radius 1 is 1.15 bits per heavy atom. The number of benzene rings is 2. The lowest BCUT2D eigenvalue weighted by Gasteiger charge is -2.30. The van der Waals surface area contributed by atoms with E-state index in [0.717, 1.165) is 29.7 Å². The molecule has 0 spiro atoms. The molecule has 33 heavy (non-hydrogen) atoms. The van der Waals surface area contributed by atoms with Gasteiger partial charge in [0.25, 0.3) is 0 Å². The molecule has 0 bridgehead atoms. The maximum Gasteiger partial charge on any atom is 0.246 e. The SMILES string of the molecule is COc1ccc(C=CC(=O)N2CCCC(c3nc(-c4ccc(NC(C)=O)cc4)no3)C2)cc1. The number of carbonyl (C=O) groups is 2. The van der Waals surface area contributed by atoms with Gasteiger partial charge in [-0.25, -0.2) is 0 Å². The lowest BCUT2D eigenvalue weighted by molar-refractivity contribution is -0.127. The summed E-state index contributed by atoms with van der Waals surface area (Å²) < 4.78 is 10.7. The molecule has 170 valence electrons. The Hall–Kier alpha value is -3.94. The molecule has 0 aliphatic carbocycles. The second kappa shape index (κ2) is 10.1. The molecule has 1 aliphatic heterocycles. The average molecular weight is 447 g/mol. The van der Waals surface area contributed by atoms with E-state index in [2.05, 4.69) is 15.5 Å². The number of anilines is 1. The number of hydrogen-bond donors (Lipinski definition) is 1. The quantitative estimate of drug-likeness (QED) is 0.572. The molecule has 1 atom stereocenters. The summed E-state index contributed by atoms with van der Waals surface area (Å²) >= 11 is 0. The highest BCUT2D eigenvalue weighted by molar-refractivity contribution is 5.92. The lowest BCUT2D eigenvalue weighted by Crippen LogP contribution is -2.38. The van der Waals surface area contributed by atoms with E-state index in [4.69, 9.17) is 9.26 Å². The number of likely N-dealkylation sites (tertiary alicyclic amines) is 1.